The normalized spacial score (nSPS) is 10.9. The molecule has 1 aromatic rings. The fraction of sp³-hybridized carbons (Fsp3) is 0.538. The topological polar surface area (TPSA) is 45.9 Å². The summed E-state index contributed by atoms with van der Waals surface area (Å²) < 4.78 is 5.20. The van der Waals surface area contributed by atoms with Crippen LogP contribution < -0.4 is 4.74 Å². The lowest BCUT2D eigenvalue weighted by Crippen LogP contribution is -2.23. The van der Waals surface area contributed by atoms with E-state index < -0.39 is 0 Å². The summed E-state index contributed by atoms with van der Waals surface area (Å²) in [4.78, 5) is 4.37. The Balaban J connectivity index is 3.39. The van der Waals surface area contributed by atoms with Gasteiger partial charge in [0.05, 0.1) is 12.8 Å². The number of ether oxygens (including phenoxy) is 1. The molecule has 3 nitrogen and oxygen atoms in total. The van der Waals surface area contributed by atoms with Crippen LogP contribution in [-0.4, -0.2) is 12.1 Å². The second-order valence-electron chi connectivity index (χ2n) is 4.12. The largest absolute Gasteiger partial charge is 0.495 e. The Bertz CT molecular complexity index is 403. The molecule has 0 N–H and O–H groups in total. The first-order chi connectivity index (χ1) is 7.62. The number of aromatic nitrogens is 1. The summed E-state index contributed by atoms with van der Waals surface area (Å²) in [5.74, 6) is 0.612. The summed E-state index contributed by atoms with van der Waals surface area (Å²) in [7, 11) is 1.58. The molecule has 0 saturated carbocycles. The number of nitriles is 1. The highest BCUT2D eigenvalue weighted by Crippen LogP contribution is 2.34. The minimum atomic E-state index is -0.0559. The molecule has 1 aromatic heterocycles. The van der Waals surface area contributed by atoms with Gasteiger partial charge in [-0.05, 0) is 18.9 Å². The standard InChI is InChI=1S/C13H18N2O/c1-5-13(3,6-2)12-10(9-14)11(16-4)7-8-15-12/h7-8H,5-6H2,1-4H3. The van der Waals surface area contributed by atoms with E-state index in [1.54, 1.807) is 19.4 Å². The van der Waals surface area contributed by atoms with Gasteiger partial charge in [0.25, 0.3) is 0 Å². The molecule has 0 bridgehead atoms. The zero-order valence-corrected chi connectivity index (χ0v) is 10.4. The molecule has 0 unspecified atom stereocenters. The molecule has 86 valence electrons. The highest BCUT2D eigenvalue weighted by molar-refractivity contribution is 5.48. The fourth-order valence-electron chi connectivity index (χ4n) is 1.76. The summed E-state index contributed by atoms with van der Waals surface area (Å²) in [5.41, 5.74) is 1.36. The maximum Gasteiger partial charge on any atom is 0.140 e. The van der Waals surface area contributed by atoms with Crippen LogP contribution in [0.4, 0.5) is 0 Å². The van der Waals surface area contributed by atoms with Crippen molar-refractivity contribution in [2.75, 3.05) is 7.11 Å². The van der Waals surface area contributed by atoms with Crippen LogP contribution in [-0.2, 0) is 5.41 Å². The Morgan fingerprint density at radius 3 is 2.50 bits per heavy atom. The van der Waals surface area contributed by atoms with Gasteiger partial charge in [-0.2, -0.15) is 5.26 Å². The Kier molecular flexibility index (Phi) is 3.89. The van der Waals surface area contributed by atoms with Gasteiger partial charge < -0.3 is 4.74 Å². The molecule has 0 aliphatic rings. The monoisotopic (exact) mass is 218 g/mol. The van der Waals surface area contributed by atoms with Crippen LogP contribution in [0.1, 0.15) is 44.9 Å². The molecular weight excluding hydrogens is 200 g/mol. The molecule has 16 heavy (non-hydrogen) atoms. The molecule has 0 atom stereocenters. The lowest BCUT2D eigenvalue weighted by molar-refractivity contribution is 0.397. The molecule has 0 radical (unpaired) electrons. The van der Waals surface area contributed by atoms with E-state index in [-0.39, 0.29) is 5.41 Å². The smallest absolute Gasteiger partial charge is 0.140 e. The summed E-state index contributed by atoms with van der Waals surface area (Å²) in [6, 6.07) is 3.93. The number of nitrogens with zero attached hydrogens (tertiary/aromatic N) is 2. The van der Waals surface area contributed by atoms with Crippen LogP contribution in [0.3, 0.4) is 0 Å². The average molecular weight is 218 g/mol. The second-order valence-corrected chi connectivity index (χ2v) is 4.12. The van der Waals surface area contributed by atoms with Gasteiger partial charge in [-0.15, -0.1) is 0 Å². The van der Waals surface area contributed by atoms with E-state index in [2.05, 4.69) is 31.8 Å². The van der Waals surface area contributed by atoms with Crippen molar-refractivity contribution in [1.29, 1.82) is 5.26 Å². The average Bonchev–Trinajstić information content (AvgIpc) is 2.36. The second kappa shape index (κ2) is 4.98. The van der Waals surface area contributed by atoms with Crippen LogP contribution in [0.15, 0.2) is 12.3 Å². The van der Waals surface area contributed by atoms with E-state index in [0.717, 1.165) is 18.5 Å². The lowest BCUT2D eigenvalue weighted by atomic mass is 9.79. The summed E-state index contributed by atoms with van der Waals surface area (Å²) in [6.45, 7) is 6.37. The molecule has 0 aromatic carbocycles. The molecule has 0 aliphatic heterocycles. The van der Waals surface area contributed by atoms with Crippen LogP contribution in [0.2, 0.25) is 0 Å². The van der Waals surface area contributed by atoms with Crippen molar-refractivity contribution >= 4 is 0 Å². The minimum Gasteiger partial charge on any atom is -0.495 e. The molecule has 0 aliphatic carbocycles. The highest BCUT2D eigenvalue weighted by Gasteiger charge is 2.28. The third-order valence-electron chi connectivity index (χ3n) is 3.38. The first-order valence-electron chi connectivity index (χ1n) is 5.56. The van der Waals surface area contributed by atoms with Gasteiger partial charge >= 0.3 is 0 Å². The molecular formula is C13H18N2O. The van der Waals surface area contributed by atoms with Crippen molar-refractivity contribution in [1.82, 2.24) is 4.98 Å². The van der Waals surface area contributed by atoms with E-state index in [9.17, 15) is 5.26 Å². The molecule has 0 fully saturated rings. The molecule has 0 amide bonds. The van der Waals surface area contributed by atoms with Crippen molar-refractivity contribution in [3.8, 4) is 11.8 Å². The van der Waals surface area contributed by atoms with E-state index in [4.69, 9.17) is 4.74 Å². The van der Waals surface area contributed by atoms with Crippen molar-refractivity contribution in [3.63, 3.8) is 0 Å². The van der Waals surface area contributed by atoms with Crippen LogP contribution in [0.25, 0.3) is 0 Å². The zero-order valence-electron chi connectivity index (χ0n) is 10.4. The first-order valence-corrected chi connectivity index (χ1v) is 5.56. The highest BCUT2D eigenvalue weighted by atomic mass is 16.5. The van der Waals surface area contributed by atoms with Crippen LogP contribution in [0.5, 0.6) is 5.75 Å². The Labute approximate surface area is 97.1 Å². The molecule has 1 heterocycles. The van der Waals surface area contributed by atoms with E-state index >= 15 is 0 Å². The van der Waals surface area contributed by atoms with Crippen molar-refractivity contribution in [3.05, 3.63) is 23.5 Å². The van der Waals surface area contributed by atoms with Crippen LogP contribution >= 0.6 is 0 Å². The summed E-state index contributed by atoms with van der Waals surface area (Å²) in [6.07, 6.45) is 3.62. The van der Waals surface area contributed by atoms with Gasteiger partial charge in [0.2, 0.25) is 0 Å². The lowest BCUT2D eigenvalue weighted by Gasteiger charge is -2.27. The van der Waals surface area contributed by atoms with Gasteiger partial charge in [-0.25, -0.2) is 0 Å². The first kappa shape index (κ1) is 12.5. The Morgan fingerprint density at radius 2 is 2.06 bits per heavy atom. The number of hydrogen-bond acceptors (Lipinski definition) is 3. The number of rotatable bonds is 4. The van der Waals surface area contributed by atoms with Gasteiger partial charge in [-0.3, -0.25) is 4.98 Å². The van der Waals surface area contributed by atoms with Crippen molar-refractivity contribution < 1.29 is 4.74 Å². The zero-order chi connectivity index (χ0) is 12.2. The molecule has 1 rings (SSSR count). The molecule has 0 spiro atoms. The van der Waals surface area contributed by atoms with Gasteiger partial charge in [0.1, 0.15) is 17.4 Å². The maximum atomic E-state index is 9.21. The number of hydrogen-bond donors (Lipinski definition) is 0. The maximum absolute atomic E-state index is 9.21. The Hall–Kier alpha value is -1.56. The van der Waals surface area contributed by atoms with E-state index in [1.807, 2.05) is 0 Å². The summed E-state index contributed by atoms with van der Waals surface area (Å²) >= 11 is 0. The molecule has 0 saturated heterocycles. The fourth-order valence-corrected chi connectivity index (χ4v) is 1.76. The third-order valence-corrected chi connectivity index (χ3v) is 3.38. The van der Waals surface area contributed by atoms with E-state index in [0.29, 0.717) is 11.3 Å². The van der Waals surface area contributed by atoms with Crippen molar-refractivity contribution in [2.24, 2.45) is 0 Å². The summed E-state index contributed by atoms with van der Waals surface area (Å²) in [5, 5.41) is 9.21. The predicted molar refractivity (Wildman–Crippen MR) is 63.4 cm³/mol. The van der Waals surface area contributed by atoms with Crippen molar-refractivity contribution in [2.45, 2.75) is 39.0 Å². The van der Waals surface area contributed by atoms with E-state index in [1.165, 1.54) is 0 Å². The van der Waals surface area contributed by atoms with Gasteiger partial charge in [-0.1, -0.05) is 20.8 Å². The number of methoxy groups -OCH3 is 1. The molecule has 3 heteroatoms. The quantitative estimate of drug-likeness (QED) is 0.780. The SMILES string of the molecule is CCC(C)(CC)c1nccc(OC)c1C#N. The number of pyridine rings is 1. The van der Waals surface area contributed by atoms with Gasteiger partial charge in [0, 0.05) is 11.6 Å². The minimum absolute atomic E-state index is 0.0559. The predicted octanol–water partition coefficient (Wildman–Crippen LogP) is 3.04. The van der Waals surface area contributed by atoms with Gasteiger partial charge in [0.15, 0.2) is 0 Å². The van der Waals surface area contributed by atoms with Crippen LogP contribution in [0, 0.1) is 11.3 Å². The Morgan fingerprint density at radius 1 is 1.44 bits per heavy atom. The third kappa shape index (κ3) is 2.01.